The second kappa shape index (κ2) is 9.32. The topological polar surface area (TPSA) is 67.8 Å². The van der Waals surface area contributed by atoms with Gasteiger partial charge in [0.1, 0.15) is 0 Å². The summed E-state index contributed by atoms with van der Waals surface area (Å²) in [6.45, 7) is 7.63. The second-order valence-electron chi connectivity index (χ2n) is 7.93. The highest BCUT2D eigenvalue weighted by Crippen LogP contribution is 2.35. The van der Waals surface area contributed by atoms with Crippen molar-refractivity contribution in [3.05, 3.63) is 30.3 Å². The lowest BCUT2D eigenvalue weighted by molar-refractivity contribution is -0.136. The molecule has 0 radical (unpaired) electrons. The molecule has 0 saturated carbocycles. The zero-order chi connectivity index (χ0) is 20.9. The van der Waals surface area contributed by atoms with Crippen LogP contribution in [-0.4, -0.2) is 54.0 Å². The zero-order valence-electron chi connectivity index (χ0n) is 17.8. The number of hydrogen-bond acceptors (Lipinski definition) is 6. The Kier molecular flexibility index (Phi) is 6.35. The van der Waals surface area contributed by atoms with Gasteiger partial charge in [0, 0.05) is 37.7 Å². The maximum absolute atomic E-state index is 12.9. The Labute approximate surface area is 178 Å². The predicted octanol–water partition coefficient (Wildman–Crippen LogP) is 3.74. The van der Waals surface area contributed by atoms with E-state index in [0.29, 0.717) is 5.91 Å². The van der Waals surface area contributed by atoms with Crippen LogP contribution in [0, 0.1) is 5.92 Å². The quantitative estimate of drug-likeness (QED) is 0.693. The molecule has 30 heavy (non-hydrogen) atoms. The van der Waals surface area contributed by atoms with Crippen molar-refractivity contribution < 1.29 is 14.3 Å². The van der Waals surface area contributed by atoms with E-state index in [0.717, 1.165) is 80.4 Å². The fourth-order valence-electron chi connectivity index (χ4n) is 4.21. The molecular formula is C23H30N4O3. The predicted molar refractivity (Wildman–Crippen MR) is 116 cm³/mol. The van der Waals surface area contributed by atoms with Gasteiger partial charge in [0.25, 0.3) is 0 Å². The van der Waals surface area contributed by atoms with Crippen LogP contribution >= 0.6 is 0 Å². The summed E-state index contributed by atoms with van der Waals surface area (Å²) in [5.41, 5.74) is 1.75. The van der Waals surface area contributed by atoms with Gasteiger partial charge < -0.3 is 19.3 Å². The smallest absolute Gasteiger partial charge is 0.231 e. The second-order valence-corrected chi connectivity index (χ2v) is 7.93. The molecule has 0 atom stereocenters. The van der Waals surface area contributed by atoms with Crippen LogP contribution in [0.2, 0.25) is 0 Å². The molecule has 0 unspecified atom stereocenters. The summed E-state index contributed by atoms with van der Waals surface area (Å²) in [5, 5.41) is 8.85. The molecule has 2 aliphatic rings. The third kappa shape index (κ3) is 4.35. The molecule has 3 heterocycles. The van der Waals surface area contributed by atoms with Crippen LogP contribution in [0.3, 0.4) is 0 Å². The van der Waals surface area contributed by atoms with Gasteiger partial charge in [-0.3, -0.25) is 4.79 Å². The Bertz CT molecular complexity index is 857. The molecule has 0 N–H and O–H groups in total. The van der Waals surface area contributed by atoms with Crippen LogP contribution < -0.4 is 14.4 Å². The van der Waals surface area contributed by atoms with Gasteiger partial charge in [-0.1, -0.05) is 26.7 Å². The van der Waals surface area contributed by atoms with Gasteiger partial charge in [0.2, 0.25) is 12.7 Å². The first-order valence-corrected chi connectivity index (χ1v) is 11.0. The fraction of sp³-hybridized carbons (Fsp3) is 0.522. The molecule has 160 valence electrons. The van der Waals surface area contributed by atoms with Crippen molar-refractivity contribution in [2.75, 3.05) is 37.9 Å². The lowest BCUT2D eigenvalue weighted by atomic mass is 9.96. The molecular weight excluding hydrogens is 380 g/mol. The van der Waals surface area contributed by atoms with E-state index < -0.39 is 0 Å². The Morgan fingerprint density at radius 2 is 1.70 bits per heavy atom. The number of aromatic nitrogens is 2. The standard InChI is InChI=1S/C23H30N4O3/c1-3-5-17(6-4-2)23(28)27-13-11-26(12-14-27)22-10-8-19(24-25-22)18-7-9-20-21(15-18)30-16-29-20/h7-10,15,17H,3-6,11-14,16H2,1-2H3. The van der Waals surface area contributed by atoms with Crippen LogP contribution in [0.25, 0.3) is 11.3 Å². The minimum Gasteiger partial charge on any atom is -0.454 e. The largest absolute Gasteiger partial charge is 0.454 e. The first kappa shape index (κ1) is 20.4. The van der Waals surface area contributed by atoms with E-state index in [1.54, 1.807) is 0 Å². The van der Waals surface area contributed by atoms with Gasteiger partial charge in [-0.2, -0.15) is 0 Å². The van der Waals surface area contributed by atoms with Gasteiger partial charge in [0.05, 0.1) is 5.69 Å². The van der Waals surface area contributed by atoms with E-state index in [4.69, 9.17) is 9.47 Å². The number of amides is 1. The number of carbonyl (C=O) groups excluding carboxylic acids is 1. The summed E-state index contributed by atoms with van der Waals surface area (Å²) in [6, 6.07) is 9.77. The molecule has 1 saturated heterocycles. The fourth-order valence-corrected chi connectivity index (χ4v) is 4.21. The van der Waals surface area contributed by atoms with E-state index in [2.05, 4.69) is 28.9 Å². The number of piperazine rings is 1. The number of carbonyl (C=O) groups is 1. The van der Waals surface area contributed by atoms with Crippen LogP contribution in [-0.2, 0) is 4.79 Å². The zero-order valence-corrected chi connectivity index (χ0v) is 17.8. The lowest BCUT2D eigenvalue weighted by Crippen LogP contribution is -2.50. The molecule has 0 bridgehead atoms. The molecule has 1 aromatic carbocycles. The maximum atomic E-state index is 12.9. The summed E-state index contributed by atoms with van der Waals surface area (Å²) in [7, 11) is 0. The molecule has 7 nitrogen and oxygen atoms in total. The Morgan fingerprint density at radius 3 is 2.37 bits per heavy atom. The van der Waals surface area contributed by atoms with Crippen molar-refractivity contribution in [2.45, 2.75) is 39.5 Å². The lowest BCUT2D eigenvalue weighted by Gasteiger charge is -2.36. The summed E-state index contributed by atoms with van der Waals surface area (Å²) >= 11 is 0. The number of nitrogens with zero attached hydrogens (tertiary/aromatic N) is 4. The normalized spacial score (nSPS) is 15.7. The van der Waals surface area contributed by atoms with Gasteiger partial charge in [0.15, 0.2) is 17.3 Å². The average molecular weight is 411 g/mol. The van der Waals surface area contributed by atoms with E-state index >= 15 is 0 Å². The minimum absolute atomic E-state index is 0.173. The summed E-state index contributed by atoms with van der Waals surface area (Å²) < 4.78 is 10.8. The minimum atomic E-state index is 0.173. The first-order valence-electron chi connectivity index (χ1n) is 11.0. The molecule has 4 rings (SSSR count). The van der Waals surface area contributed by atoms with Crippen LogP contribution in [0.15, 0.2) is 30.3 Å². The van der Waals surface area contributed by atoms with Crippen molar-refractivity contribution in [1.29, 1.82) is 0 Å². The van der Waals surface area contributed by atoms with E-state index in [1.807, 2.05) is 35.2 Å². The van der Waals surface area contributed by atoms with Crippen LogP contribution in [0.1, 0.15) is 39.5 Å². The monoisotopic (exact) mass is 410 g/mol. The third-order valence-corrected chi connectivity index (χ3v) is 5.86. The first-order chi connectivity index (χ1) is 14.7. The maximum Gasteiger partial charge on any atom is 0.231 e. The number of anilines is 1. The average Bonchev–Trinajstić information content (AvgIpc) is 3.27. The summed E-state index contributed by atoms with van der Waals surface area (Å²) in [5.74, 6) is 2.85. The molecule has 1 aromatic heterocycles. The highest BCUT2D eigenvalue weighted by molar-refractivity contribution is 5.79. The van der Waals surface area contributed by atoms with E-state index in [-0.39, 0.29) is 12.7 Å². The number of ether oxygens (including phenoxy) is 2. The summed E-state index contributed by atoms with van der Waals surface area (Å²) in [4.78, 5) is 17.1. The SMILES string of the molecule is CCCC(CCC)C(=O)N1CCN(c2ccc(-c3ccc4c(c3)OCO4)nn2)CC1. The van der Waals surface area contributed by atoms with Gasteiger partial charge in [-0.05, 0) is 43.2 Å². The van der Waals surface area contributed by atoms with Gasteiger partial charge in [-0.15, -0.1) is 10.2 Å². The van der Waals surface area contributed by atoms with Crippen LogP contribution in [0.5, 0.6) is 11.5 Å². The van der Waals surface area contributed by atoms with Crippen molar-refractivity contribution in [2.24, 2.45) is 5.92 Å². The van der Waals surface area contributed by atoms with Crippen molar-refractivity contribution in [3.8, 4) is 22.8 Å². The van der Waals surface area contributed by atoms with Gasteiger partial charge >= 0.3 is 0 Å². The van der Waals surface area contributed by atoms with Gasteiger partial charge in [-0.25, -0.2) is 0 Å². The van der Waals surface area contributed by atoms with Crippen molar-refractivity contribution in [3.63, 3.8) is 0 Å². The number of rotatable bonds is 7. The molecule has 0 aliphatic carbocycles. The number of hydrogen-bond donors (Lipinski definition) is 0. The number of benzene rings is 1. The van der Waals surface area contributed by atoms with E-state index in [1.165, 1.54) is 0 Å². The highest BCUT2D eigenvalue weighted by atomic mass is 16.7. The molecule has 2 aromatic rings. The van der Waals surface area contributed by atoms with Crippen LogP contribution in [0.4, 0.5) is 5.82 Å². The summed E-state index contributed by atoms with van der Waals surface area (Å²) in [6.07, 6.45) is 4.09. The molecule has 1 amide bonds. The van der Waals surface area contributed by atoms with Crippen molar-refractivity contribution in [1.82, 2.24) is 15.1 Å². The highest BCUT2D eigenvalue weighted by Gasteiger charge is 2.27. The molecule has 0 spiro atoms. The molecule has 2 aliphatic heterocycles. The van der Waals surface area contributed by atoms with E-state index in [9.17, 15) is 4.79 Å². The number of fused-ring (bicyclic) bond motifs is 1. The Balaban J connectivity index is 1.36. The Morgan fingerprint density at radius 1 is 0.967 bits per heavy atom. The molecule has 1 fully saturated rings. The molecule has 7 heteroatoms. The Hall–Kier alpha value is -2.83. The third-order valence-electron chi connectivity index (χ3n) is 5.86. The van der Waals surface area contributed by atoms with Crippen molar-refractivity contribution >= 4 is 11.7 Å².